The molecule has 0 amide bonds. The molecule has 0 bridgehead atoms. The Morgan fingerprint density at radius 3 is 2.25 bits per heavy atom. The topological polar surface area (TPSA) is 80.7 Å². The van der Waals surface area contributed by atoms with E-state index in [1.54, 1.807) is 0 Å². The van der Waals surface area contributed by atoms with E-state index >= 15 is 0 Å². The van der Waals surface area contributed by atoms with Crippen LogP contribution in [0.25, 0.3) is 0 Å². The summed E-state index contributed by atoms with van der Waals surface area (Å²) in [6, 6.07) is 0. The minimum absolute atomic E-state index is 0.121. The summed E-state index contributed by atoms with van der Waals surface area (Å²) >= 11 is 0. The van der Waals surface area contributed by atoms with Gasteiger partial charge in [0.1, 0.15) is 12.2 Å². The highest BCUT2D eigenvalue weighted by atomic mass is 16.5. The second kappa shape index (κ2) is 5.29. The van der Waals surface area contributed by atoms with Crippen molar-refractivity contribution in [3.8, 4) is 0 Å². The first kappa shape index (κ1) is 10.6. The Balaban J connectivity index is 3.60. The predicted octanol–water partition coefficient (Wildman–Crippen LogP) is -0.0166. The molecule has 0 spiro atoms. The number of esters is 1. The number of ether oxygens (including phenoxy) is 1. The third-order valence-corrected chi connectivity index (χ3v) is 1.19. The van der Waals surface area contributed by atoms with Crippen molar-refractivity contribution in [3.63, 3.8) is 0 Å². The highest BCUT2D eigenvalue weighted by molar-refractivity contribution is 5.96. The molecule has 0 fully saturated rings. The summed E-state index contributed by atoms with van der Waals surface area (Å²) in [4.78, 5) is 31.2. The van der Waals surface area contributed by atoms with Gasteiger partial charge in [0.25, 0.3) is 0 Å². The molecule has 0 saturated heterocycles. The molecule has 1 N–H and O–H groups in total. The van der Waals surface area contributed by atoms with Crippen LogP contribution in [0.2, 0.25) is 0 Å². The van der Waals surface area contributed by atoms with Gasteiger partial charge in [-0.05, 0) is 0 Å². The molecule has 0 heterocycles. The lowest BCUT2D eigenvalue weighted by Gasteiger charge is -1.96. The van der Waals surface area contributed by atoms with E-state index in [1.807, 2.05) is 0 Å². The number of hydrogen-bond acceptors (Lipinski definition) is 4. The number of carbonyl (C=O) groups excluding carboxylic acids is 2. The van der Waals surface area contributed by atoms with Gasteiger partial charge in [0, 0.05) is 6.42 Å². The van der Waals surface area contributed by atoms with Crippen LogP contribution in [0.4, 0.5) is 0 Å². The van der Waals surface area contributed by atoms with E-state index in [0.29, 0.717) is 0 Å². The molecule has 68 valence electrons. The molecule has 0 aliphatic rings. The van der Waals surface area contributed by atoms with E-state index < -0.39 is 17.7 Å². The normalized spacial score (nSPS) is 9.08. The Morgan fingerprint density at radius 1 is 1.25 bits per heavy atom. The maximum absolute atomic E-state index is 10.8. The Bertz CT molecular complexity index is 196. The Morgan fingerprint density at radius 2 is 1.83 bits per heavy atom. The van der Waals surface area contributed by atoms with Crippen molar-refractivity contribution in [1.29, 1.82) is 0 Å². The fraction of sp³-hybridized carbons (Fsp3) is 0.571. The van der Waals surface area contributed by atoms with Crippen LogP contribution in [0.1, 0.15) is 19.3 Å². The summed E-state index contributed by atoms with van der Waals surface area (Å²) in [6.45, 7) is 0. The Labute approximate surface area is 69.3 Å². The highest BCUT2D eigenvalue weighted by Crippen LogP contribution is 1.96. The summed E-state index contributed by atoms with van der Waals surface area (Å²) in [5.74, 6) is -2.09. The smallest absolute Gasteiger partial charge is 0.313 e. The van der Waals surface area contributed by atoms with Crippen LogP contribution in [-0.2, 0) is 19.1 Å². The largest absolute Gasteiger partial charge is 0.481 e. The second-order valence-electron chi connectivity index (χ2n) is 2.19. The monoisotopic (exact) mass is 174 g/mol. The summed E-state index contributed by atoms with van der Waals surface area (Å²) in [6.07, 6.45) is -0.704. The maximum atomic E-state index is 10.8. The lowest BCUT2D eigenvalue weighted by Crippen LogP contribution is -2.10. The zero-order chi connectivity index (χ0) is 9.56. The lowest BCUT2D eigenvalue weighted by molar-refractivity contribution is -0.145. The van der Waals surface area contributed by atoms with Crippen LogP contribution in [-0.4, -0.2) is 29.9 Å². The molecule has 0 aliphatic heterocycles. The van der Waals surface area contributed by atoms with Crippen molar-refractivity contribution in [2.75, 3.05) is 7.11 Å². The van der Waals surface area contributed by atoms with E-state index in [1.165, 1.54) is 7.11 Å². The SMILES string of the molecule is COC(=O)CC(=O)CCC(=O)O. The fourth-order valence-electron chi connectivity index (χ4n) is 0.568. The van der Waals surface area contributed by atoms with E-state index in [-0.39, 0.29) is 19.3 Å². The molecule has 12 heavy (non-hydrogen) atoms. The van der Waals surface area contributed by atoms with Gasteiger partial charge in [0.2, 0.25) is 0 Å². The zero-order valence-electron chi connectivity index (χ0n) is 6.70. The number of carboxylic acids is 1. The molecule has 5 nitrogen and oxygen atoms in total. The minimum Gasteiger partial charge on any atom is -0.481 e. The molecule has 0 radical (unpaired) electrons. The van der Waals surface area contributed by atoms with Gasteiger partial charge in [-0.2, -0.15) is 0 Å². The van der Waals surface area contributed by atoms with Crippen LogP contribution < -0.4 is 0 Å². The molecule has 0 aromatic heterocycles. The molecule has 0 aromatic rings. The summed E-state index contributed by atoms with van der Waals surface area (Å²) < 4.78 is 4.22. The number of Topliss-reactive ketones (excluding diaryl/α,β-unsaturated/α-hetero) is 1. The van der Waals surface area contributed by atoms with E-state index in [2.05, 4.69) is 4.74 Å². The summed E-state index contributed by atoms with van der Waals surface area (Å²) in [7, 11) is 1.17. The minimum atomic E-state index is -1.05. The number of methoxy groups -OCH3 is 1. The van der Waals surface area contributed by atoms with Crippen LogP contribution in [0, 0.1) is 0 Å². The zero-order valence-corrected chi connectivity index (χ0v) is 6.70. The molecule has 0 rings (SSSR count). The van der Waals surface area contributed by atoms with Gasteiger partial charge < -0.3 is 9.84 Å². The first-order valence-electron chi connectivity index (χ1n) is 3.36. The Hall–Kier alpha value is -1.39. The van der Waals surface area contributed by atoms with Gasteiger partial charge in [0.05, 0.1) is 13.5 Å². The fourth-order valence-corrected chi connectivity index (χ4v) is 0.568. The summed E-state index contributed by atoms with van der Waals surface area (Å²) in [5, 5.41) is 8.19. The first-order chi connectivity index (χ1) is 5.56. The number of carboxylic acid groups (broad SMARTS) is 1. The number of aliphatic carboxylic acids is 1. The standard InChI is InChI=1S/C7H10O5/c1-12-7(11)4-5(8)2-3-6(9)10/h2-4H2,1H3,(H,9,10). The van der Waals surface area contributed by atoms with Gasteiger partial charge in [-0.25, -0.2) is 0 Å². The van der Waals surface area contributed by atoms with Crippen molar-refractivity contribution >= 4 is 17.7 Å². The number of hydrogen-bond donors (Lipinski definition) is 1. The molecule has 0 atom stereocenters. The highest BCUT2D eigenvalue weighted by Gasteiger charge is 2.10. The van der Waals surface area contributed by atoms with Crippen LogP contribution in [0.15, 0.2) is 0 Å². The molecular formula is C7H10O5. The number of ketones is 1. The molecule has 0 aromatic carbocycles. The van der Waals surface area contributed by atoms with Crippen LogP contribution >= 0.6 is 0 Å². The van der Waals surface area contributed by atoms with Gasteiger partial charge in [-0.1, -0.05) is 0 Å². The lowest BCUT2D eigenvalue weighted by atomic mass is 10.2. The van der Waals surface area contributed by atoms with Crippen LogP contribution in [0.3, 0.4) is 0 Å². The third-order valence-electron chi connectivity index (χ3n) is 1.19. The van der Waals surface area contributed by atoms with Gasteiger partial charge >= 0.3 is 11.9 Å². The van der Waals surface area contributed by atoms with Crippen molar-refractivity contribution in [2.24, 2.45) is 0 Å². The quantitative estimate of drug-likeness (QED) is 0.468. The van der Waals surface area contributed by atoms with Crippen molar-refractivity contribution in [1.82, 2.24) is 0 Å². The third kappa shape index (κ3) is 5.40. The first-order valence-corrected chi connectivity index (χ1v) is 3.36. The average Bonchev–Trinajstić information content (AvgIpc) is 2.00. The molecule has 5 heteroatoms. The van der Waals surface area contributed by atoms with Gasteiger partial charge in [0.15, 0.2) is 0 Å². The van der Waals surface area contributed by atoms with E-state index in [4.69, 9.17) is 5.11 Å². The molecular weight excluding hydrogens is 164 g/mol. The van der Waals surface area contributed by atoms with Crippen molar-refractivity contribution in [3.05, 3.63) is 0 Å². The van der Waals surface area contributed by atoms with Gasteiger partial charge in [-0.15, -0.1) is 0 Å². The van der Waals surface area contributed by atoms with E-state index in [0.717, 1.165) is 0 Å². The molecule has 0 saturated carbocycles. The number of rotatable bonds is 5. The van der Waals surface area contributed by atoms with Crippen molar-refractivity contribution < 1.29 is 24.2 Å². The van der Waals surface area contributed by atoms with Crippen LogP contribution in [0.5, 0.6) is 0 Å². The number of carbonyl (C=O) groups is 3. The summed E-state index contributed by atoms with van der Waals surface area (Å²) in [5.41, 5.74) is 0. The second-order valence-corrected chi connectivity index (χ2v) is 2.19. The van der Waals surface area contributed by atoms with Crippen molar-refractivity contribution in [2.45, 2.75) is 19.3 Å². The average molecular weight is 174 g/mol. The Kier molecular flexibility index (Phi) is 4.67. The van der Waals surface area contributed by atoms with E-state index in [9.17, 15) is 14.4 Å². The predicted molar refractivity (Wildman–Crippen MR) is 38.5 cm³/mol. The van der Waals surface area contributed by atoms with Gasteiger partial charge in [-0.3, -0.25) is 14.4 Å². The maximum Gasteiger partial charge on any atom is 0.313 e. The molecule has 0 aliphatic carbocycles. The molecule has 0 unspecified atom stereocenters.